The summed E-state index contributed by atoms with van der Waals surface area (Å²) in [5.41, 5.74) is 2.46. The monoisotopic (exact) mass is 437 g/mol. The summed E-state index contributed by atoms with van der Waals surface area (Å²) >= 11 is 0. The zero-order valence-corrected chi connectivity index (χ0v) is 18.5. The molecule has 7 heteroatoms. The van der Waals surface area contributed by atoms with Crippen LogP contribution >= 0.6 is 0 Å². The molecule has 168 valence electrons. The van der Waals surface area contributed by atoms with Crippen molar-refractivity contribution in [1.29, 1.82) is 0 Å². The quantitative estimate of drug-likeness (QED) is 0.682. The zero-order chi connectivity index (χ0) is 22.7. The summed E-state index contributed by atoms with van der Waals surface area (Å²) in [7, 11) is 3.28. The van der Waals surface area contributed by atoms with Gasteiger partial charge >= 0.3 is 0 Å². The summed E-state index contributed by atoms with van der Waals surface area (Å²) < 4.78 is 18.7. The minimum absolute atomic E-state index is 0.0117. The van der Waals surface area contributed by atoms with Gasteiger partial charge in [-0.25, -0.2) is 9.40 Å². The molecule has 2 aliphatic rings. The first-order valence-corrected chi connectivity index (χ1v) is 11.0. The van der Waals surface area contributed by atoms with Gasteiger partial charge in [-0.2, -0.15) is 5.10 Å². The number of amides is 2. The van der Waals surface area contributed by atoms with Gasteiger partial charge in [-0.05, 0) is 60.4 Å². The zero-order valence-electron chi connectivity index (χ0n) is 18.5. The average Bonchev–Trinajstić information content (AvgIpc) is 3.50. The van der Waals surface area contributed by atoms with E-state index in [1.54, 1.807) is 26.3 Å². The van der Waals surface area contributed by atoms with Crippen molar-refractivity contribution in [3.8, 4) is 5.75 Å². The number of hydrazone groups is 1. The Hall–Kier alpha value is -3.22. The second-order valence-corrected chi connectivity index (χ2v) is 8.46. The highest BCUT2D eigenvalue weighted by Gasteiger charge is 2.35. The van der Waals surface area contributed by atoms with Crippen molar-refractivity contribution >= 4 is 17.5 Å². The fourth-order valence-corrected chi connectivity index (χ4v) is 4.48. The third-order valence-electron chi connectivity index (χ3n) is 6.30. The fraction of sp³-hybridized carbons (Fsp3) is 0.400. The predicted molar refractivity (Wildman–Crippen MR) is 120 cm³/mol. The second-order valence-electron chi connectivity index (χ2n) is 8.46. The van der Waals surface area contributed by atoms with Gasteiger partial charge in [0.2, 0.25) is 5.91 Å². The molecule has 1 atom stereocenters. The van der Waals surface area contributed by atoms with Crippen molar-refractivity contribution < 1.29 is 18.7 Å². The van der Waals surface area contributed by atoms with Crippen LogP contribution in [0.2, 0.25) is 0 Å². The number of halogens is 1. The molecule has 1 unspecified atom stereocenters. The van der Waals surface area contributed by atoms with Crippen molar-refractivity contribution in [1.82, 2.24) is 9.91 Å². The van der Waals surface area contributed by atoms with E-state index in [0.29, 0.717) is 6.42 Å². The van der Waals surface area contributed by atoms with Gasteiger partial charge in [0.05, 0.1) is 18.9 Å². The Kier molecular flexibility index (Phi) is 6.53. The lowest BCUT2D eigenvalue weighted by Crippen LogP contribution is -2.41. The molecule has 1 saturated carbocycles. The summed E-state index contributed by atoms with van der Waals surface area (Å²) in [5, 5.41) is 6.08. The first-order chi connectivity index (χ1) is 15.5. The standard InChI is InChI=1S/C25H28FN3O3/c1-28(25(31)19-5-3-4-6-19)16-24(30)29-23(18-7-11-20(26)12-8-18)15-22(27-29)17-9-13-21(32-2)14-10-17/h7-14,19,23H,3-6,15-16H2,1-2H3. The maximum atomic E-state index is 13.5. The molecule has 2 aromatic rings. The maximum Gasteiger partial charge on any atom is 0.262 e. The maximum absolute atomic E-state index is 13.5. The predicted octanol–water partition coefficient (Wildman–Crippen LogP) is 4.16. The molecular formula is C25H28FN3O3. The molecule has 1 heterocycles. The first-order valence-electron chi connectivity index (χ1n) is 11.0. The minimum Gasteiger partial charge on any atom is -0.497 e. The van der Waals surface area contributed by atoms with E-state index in [9.17, 15) is 14.0 Å². The molecule has 0 saturated heterocycles. The van der Waals surface area contributed by atoms with Crippen LogP contribution in [0.1, 0.15) is 49.3 Å². The SMILES string of the molecule is COc1ccc(C2=NN(C(=O)CN(C)C(=O)C3CCCC3)C(c3ccc(F)cc3)C2)cc1. The average molecular weight is 438 g/mol. The highest BCUT2D eigenvalue weighted by Crippen LogP contribution is 2.33. The van der Waals surface area contributed by atoms with Crippen molar-refractivity contribution in [2.24, 2.45) is 11.0 Å². The lowest BCUT2D eigenvalue weighted by Gasteiger charge is -2.26. The van der Waals surface area contributed by atoms with Gasteiger partial charge in [-0.1, -0.05) is 25.0 Å². The highest BCUT2D eigenvalue weighted by atomic mass is 19.1. The summed E-state index contributed by atoms with van der Waals surface area (Å²) in [6.45, 7) is -0.0353. The van der Waals surface area contributed by atoms with Gasteiger partial charge in [0, 0.05) is 19.4 Å². The molecule has 6 nitrogen and oxygen atoms in total. The van der Waals surface area contributed by atoms with Crippen molar-refractivity contribution in [3.05, 3.63) is 65.5 Å². The van der Waals surface area contributed by atoms with Gasteiger partial charge in [-0.3, -0.25) is 9.59 Å². The molecule has 1 aliphatic heterocycles. The molecule has 0 aromatic heterocycles. The molecule has 32 heavy (non-hydrogen) atoms. The Balaban J connectivity index is 1.56. The molecular weight excluding hydrogens is 409 g/mol. The molecule has 0 spiro atoms. The molecule has 1 aliphatic carbocycles. The number of hydrogen-bond acceptors (Lipinski definition) is 4. The Labute approximate surface area is 187 Å². The van der Waals surface area contributed by atoms with Crippen molar-refractivity contribution in [2.75, 3.05) is 20.7 Å². The Morgan fingerprint density at radius 3 is 2.38 bits per heavy atom. The number of carbonyl (C=O) groups is 2. The van der Waals surface area contributed by atoms with Crippen LogP contribution in [0.5, 0.6) is 5.75 Å². The third kappa shape index (κ3) is 4.66. The van der Waals surface area contributed by atoms with Gasteiger partial charge in [0.1, 0.15) is 18.1 Å². The van der Waals surface area contributed by atoms with Gasteiger partial charge < -0.3 is 9.64 Å². The minimum atomic E-state index is -0.352. The van der Waals surface area contributed by atoms with E-state index in [1.165, 1.54) is 22.0 Å². The largest absolute Gasteiger partial charge is 0.497 e. The van der Waals surface area contributed by atoms with E-state index in [1.807, 2.05) is 24.3 Å². The third-order valence-corrected chi connectivity index (χ3v) is 6.30. The number of likely N-dealkylation sites (N-methyl/N-ethyl adjacent to an activating group) is 1. The van der Waals surface area contributed by atoms with Crippen LogP contribution in [0.4, 0.5) is 4.39 Å². The first kappa shape index (κ1) is 22.0. The van der Waals surface area contributed by atoms with Gasteiger partial charge in [0.25, 0.3) is 5.91 Å². The van der Waals surface area contributed by atoms with E-state index < -0.39 is 0 Å². The van der Waals surface area contributed by atoms with E-state index in [-0.39, 0.29) is 36.1 Å². The summed E-state index contributed by atoms with van der Waals surface area (Å²) in [6.07, 6.45) is 4.40. The number of carbonyl (C=O) groups excluding carboxylic acids is 2. The van der Waals surface area contributed by atoms with Crippen LogP contribution in [0, 0.1) is 11.7 Å². The number of rotatable bonds is 6. The summed E-state index contributed by atoms with van der Waals surface area (Å²) in [6, 6.07) is 13.3. The van der Waals surface area contributed by atoms with Gasteiger partial charge in [0.15, 0.2) is 0 Å². The smallest absolute Gasteiger partial charge is 0.262 e. The normalized spacial score (nSPS) is 18.5. The Bertz CT molecular complexity index is 998. The van der Waals surface area contributed by atoms with Crippen LogP contribution in [-0.2, 0) is 9.59 Å². The van der Waals surface area contributed by atoms with E-state index in [0.717, 1.165) is 48.3 Å². The van der Waals surface area contributed by atoms with Crippen molar-refractivity contribution in [3.63, 3.8) is 0 Å². The van der Waals surface area contributed by atoms with Crippen LogP contribution < -0.4 is 4.74 Å². The summed E-state index contributed by atoms with van der Waals surface area (Å²) in [5.74, 6) is 0.187. The second kappa shape index (κ2) is 9.51. The highest BCUT2D eigenvalue weighted by molar-refractivity contribution is 6.03. The van der Waals surface area contributed by atoms with Gasteiger partial charge in [-0.15, -0.1) is 0 Å². The lowest BCUT2D eigenvalue weighted by molar-refractivity contribution is -0.142. The molecule has 0 radical (unpaired) electrons. The van der Waals surface area contributed by atoms with E-state index in [2.05, 4.69) is 5.10 Å². The van der Waals surface area contributed by atoms with Crippen LogP contribution in [0.25, 0.3) is 0 Å². The van der Waals surface area contributed by atoms with E-state index >= 15 is 0 Å². The number of hydrogen-bond donors (Lipinski definition) is 0. The van der Waals surface area contributed by atoms with Crippen LogP contribution in [0.15, 0.2) is 53.6 Å². The van der Waals surface area contributed by atoms with Crippen LogP contribution in [0.3, 0.4) is 0 Å². The lowest BCUT2D eigenvalue weighted by atomic mass is 9.98. The number of ether oxygens (including phenoxy) is 1. The molecule has 0 N–H and O–H groups in total. The van der Waals surface area contributed by atoms with E-state index in [4.69, 9.17) is 4.74 Å². The molecule has 4 rings (SSSR count). The number of methoxy groups -OCH3 is 1. The fourth-order valence-electron chi connectivity index (χ4n) is 4.48. The molecule has 2 amide bonds. The molecule has 0 bridgehead atoms. The number of nitrogens with zero attached hydrogens (tertiary/aromatic N) is 3. The Morgan fingerprint density at radius 1 is 1.09 bits per heavy atom. The molecule has 1 fully saturated rings. The van der Waals surface area contributed by atoms with Crippen LogP contribution in [-0.4, -0.2) is 48.1 Å². The Morgan fingerprint density at radius 2 is 1.75 bits per heavy atom. The molecule has 2 aromatic carbocycles. The topological polar surface area (TPSA) is 62.2 Å². The van der Waals surface area contributed by atoms with Crippen molar-refractivity contribution in [2.45, 2.75) is 38.1 Å². The number of benzene rings is 2. The summed E-state index contributed by atoms with van der Waals surface area (Å²) in [4.78, 5) is 27.4.